The number of isocyanates is 2. The molecule has 4 atom stereocenters. The first-order chi connectivity index (χ1) is 17.0. The van der Waals surface area contributed by atoms with Crippen molar-refractivity contribution in [3.05, 3.63) is 12.2 Å². The molecule has 2 saturated carbocycles. The topological polar surface area (TPSA) is 129 Å². The molecule has 4 amide bonds. The number of carbonyl (C=O) groups excluding carboxylic acids is 5. The van der Waals surface area contributed by atoms with Crippen LogP contribution in [0.4, 0.5) is 4.79 Å². The van der Waals surface area contributed by atoms with Crippen molar-refractivity contribution in [3.63, 3.8) is 0 Å². The van der Waals surface area contributed by atoms with E-state index < -0.39 is 41.0 Å². The Kier molecular flexibility index (Phi) is 7.34. The minimum Gasteiger partial charge on any atom is -0.267 e. The summed E-state index contributed by atoms with van der Waals surface area (Å²) in [5.41, 5.74) is -2.45. The minimum absolute atomic E-state index is 0.133. The van der Waals surface area contributed by atoms with Crippen molar-refractivity contribution in [2.24, 2.45) is 25.8 Å². The first-order valence-corrected chi connectivity index (χ1v) is 12.6. The summed E-state index contributed by atoms with van der Waals surface area (Å²) in [6, 6.07) is -1.40. The van der Waals surface area contributed by atoms with Crippen LogP contribution in [0.2, 0.25) is 0 Å². The van der Waals surface area contributed by atoms with Gasteiger partial charge in [0.15, 0.2) is 0 Å². The summed E-state index contributed by atoms with van der Waals surface area (Å²) >= 11 is 0. The number of amides is 4. The number of amidine groups is 1. The summed E-state index contributed by atoms with van der Waals surface area (Å²) in [4.78, 5) is 77.6. The number of imide groups is 1. The largest absolute Gasteiger partial charge is 0.333 e. The second-order valence-electron chi connectivity index (χ2n) is 13.0. The van der Waals surface area contributed by atoms with Crippen LogP contribution in [-0.2, 0) is 19.2 Å². The van der Waals surface area contributed by atoms with Crippen molar-refractivity contribution in [1.29, 1.82) is 0 Å². The smallest absolute Gasteiger partial charge is 0.267 e. The molecule has 200 valence electrons. The van der Waals surface area contributed by atoms with Gasteiger partial charge in [0.2, 0.25) is 18.0 Å². The highest BCUT2D eigenvalue weighted by atomic mass is 16.2. The molecule has 37 heavy (non-hydrogen) atoms. The zero-order valence-electron chi connectivity index (χ0n) is 22.9. The number of hydrogen-bond donors (Lipinski definition) is 0. The van der Waals surface area contributed by atoms with Crippen LogP contribution in [0, 0.1) is 10.8 Å². The van der Waals surface area contributed by atoms with Gasteiger partial charge in [-0.15, -0.1) is 0 Å². The van der Waals surface area contributed by atoms with Gasteiger partial charge in [0.05, 0.1) is 23.2 Å². The number of nitrogens with zero attached hydrogens (tertiary/aromatic N) is 5. The van der Waals surface area contributed by atoms with Gasteiger partial charge in [-0.1, -0.05) is 34.3 Å². The molecule has 0 radical (unpaired) electrons. The Balaban J connectivity index is 2.17. The van der Waals surface area contributed by atoms with Gasteiger partial charge in [-0.2, -0.15) is 4.99 Å². The van der Waals surface area contributed by atoms with Crippen molar-refractivity contribution in [1.82, 2.24) is 9.80 Å². The molecule has 1 heterocycles. The fourth-order valence-electron chi connectivity index (χ4n) is 7.18. The quantitative estimate of drug-likeness (QED) is 0.237. The molecule has 10 heteroatoms. The van der Waals surface area contributed by atoms with E-state index in [1.807, 2.05) is 41.5 Å². The van der Waals surface area contributed by atoms with E-state index in [4.69, 9.17) is 0 Å². The van der Waals surface area contributed by atoms with Gasteiger partial charge in [0, 0.05) is 5.57 Å². The lowest BCUT2D eigenvalue weighted by Crippen LogP contribution is -2.59. The average molecular weight is 512 g/mol. The Hall–Kier alpha value is -3.22. The number of rotatable bonds is 5. The molecule has 0 N–H and O–H groups in total. The fraction of sp³-hybridized carbons (Fsp3) is 0.704. The highest BCUT2D eigenvalue weighted by molar-refractivity contribution is 6.48. The van der Waals surface area contributed by atoms with Crippen LogP contribution in [0.5, 0.6) is 0 Å². The molecular weight excluding hydrogens is 474 g/mol. The third-order valence-electron chi connectivity index (χ3n) is 7.76. The Morgan fingerprint density at radius 3 is 1.68 bits per heavy atom. The van der Waals surface area contributed by atoms with E-state index >= 15 is 0 Å². The summed E-state index contributed by atoms with van der Waals surface area (Å²) in [6.45, 7) is 16.8. The predicted molar refractivity (Wildman–Crippen MR) is 137 cm³/mol. The zero-order chi connectivity index (χ0) is 28.0. The average Bonchev–Trinajstić information content (AvgIpc) is 2.96. The van der Waals surface area contributed by atoms with Crippen molar-refractivity contribution in [3.8, 4) is 0 Å². The van der Waals surface area contributed by atoms with Crippen LogP contribution in [-0.4, -0.2) is 68.8 Å². The lowest BCUT2D eigenvalue weighted by molar-refractivity contribution is -0.127. The highest BCUT2D eigenvalue weighted by Gasteiger charge is 2.60. The standard InChI is InChI=1S/C27H37N5O5/c1-17(2)21(35)30-20-22(36)32(27(8)12-19(29-16-34)10-25(5,6)14-27)23(37)31(20)26(7)11-18(28-15-33)9-24(3,4)13-26/h18-19H,1,9-14H2,2-8H3/t18-,19-,26-,27+/m0/s1. The molecule has 0 aromatic heterocycles. The normalized spacial score (nSPS) is 34.1. The number of aliphatic imine (C=N–C) groups is 3. The minimum atomic E-state index is -0.983. The lowest BCUT2D eigenvalue weighted by atomic mass is 9.66. The van der Waals surface area contributed by atoms with Crippen molar-refractivity contribution in [2.75, 3.05) is 0 Å². The van der Waals surface area contributed by atoms with Gasteiger partial charge < -0.3 is 0 Å². The maximum absolute atomic E-state index is 14.2. The number of urea groups is 1. The summed E-state index contributed by atoms with van der Waals surface area (Å²) in [5, 5.41) is 0. The van der Waals surface area contributed by atoms with Gasteiger partial charge in [-0.3, -0.25) is 19.4 Å². The molecule has 0 aromatic carbocycles. The fourth-order valence-corrected chi connectivity index (χ4v) is 7.18. The van der Waals surface area contributed by atoms with Crippen molar-refractivity contribution in [2.45, 2.75) is 110 Å². The van der Waals surface area contributed by atoms with Crippen LogP contribution in [0.25, 0.3) is 0 Å². The van der Waals surface area contributed by atoms with E-state index in [-0.39, 0.29) is 22.2 Å². The summed E-state index contributed by atoms with van der Waals surface area (Å²) in [6.07, 6.45) is 6.06. The van der Waals surface area contributed by atoms with E-state index in [1.165, 1.54) is 16.7 Å². The van der Waals surface area contributed by atoms with Crippen LogP contribution in [0.1, 0.15) is 87.0 Å². The van der Waals surface area contributed by atoms with Crippen LogP contribution in [0.3, 0.4) is 0 Å². The summed E-state index contributed by atoms with van der Waals surface area (Å²) in [5.74, 6) is -1.62. The lowest BCUT2D eigenvalue weighted by Gasteiger charge is -2.50. The number of hydrogen-bond acceptors (Lipinski definition) is 7. The van der Waals surface area contributed by atoms with E-state index in [0.717, 1.165) is 0 Å². The molecule has 0 spiro atoms. The zero-order valence-corrected chi connectivity index (χ0v) is 22.9. The van der Waals surface area contributed by atoms with Crippen LogP contribution >= 0.6 is 0 Å². The Labute approximate surface area is 218 Å². The SMILES string of the molecule is C=C(C)C(=O)N=C1C(=O)N([C@]2(C)C[C@@H](N=C=O)CC(C)(C)C2)C(=O)N1[C@@]1(C)C[C@@H](N=C=O)CC(C)(C)C1. The molecule has 3 rings (SSSR count). The maximum atomic E-state index is 14.2. The first kappa shape index (κ1) is 28.4. The molecule has 1 saturated heterocycles. The Morgan fingerprint density at radius 2 is 1.27 bits per heavy atom. The third-order valence-corrected chi connectivity index (χ3v) is 7.76. The molecule has 3 fully saturated rings. The highest BCUT2D eigenvalue weighted by Crippen LogP contribution is 2.50. The van der Waals surface area contributed by atoms with Gasteiger partial charge in [0.25, 0.3) is 11.8 Å². The summed E-state index contributed by atoms with van der Waals surface area (Å²) < 4.78 is 0. The van der Waals surface area contributed by atoms with Crippen LogP contribution < -0.4 is 0 Å². The molecule has 0 aromatic rings. The molecule has 10 nitrogen and oxygen atoms in total. The van der Waals surface area contributed by atoms with Gasteiger partial charge in [-0.25, -0.2) is 24.4 Å². The van der Waals surface area contributed by atoms with Crippen molar-refractivity contribution < 1.29 is 24.0 Å². The van der Waals surface area contributed by atoms with Crippen LogP contribution in [0.15, 0.2) is 27.1 Å². The van der Waals surface area contributed by atoms with E-state index in [9.17, 15) is 24.0 Å². The van der Waals surface area contributed by atoms with Gasteiger partial charge in [-0.05, 0) is 70.1 Å². The molecule has 2 aliphatic carbocycles. The molecular formula is C27H37N5O5. The van der Waals surface area contributed by atoms with E-state index in [0.29, 0.717) is 38.5 Å². The van der Waals surface area contributed by atoms with Gasteiger partial charge in [0.1, 0.15) is 0 Å². The van der Waals surface area contributed by atoms with Crippen molar-refractivity contribution >= 4 is 35.8 Å². The maximum Gasteiger partial charge on any atom is 0.333 e. The third kappa shape index (κ3) is 5.55. The second kappa shape index (κ2) is 9.58. The predicted octanol–water partition coefficient (Wildman–Crippen LogP) is 4.10. The van der Waals surface area contributed by atoms with E-state index in [1.54, 1.807) is 12.2 Å². The Morgan fingerprint density at radius 1 is 0.838 bits per heavy atom. The first-order valence-electron chi connectivity index (χ1n) is 12.6. The van der Waals surface area contributed by atoms with Gasteiger partial charge >= 0.3 is 6.03 Å². The molecule has 0 unspecified atom stereocenters. The monoisotopic (exact) mass is 511 g/mol. The second-order valence-corrected chi connectivity index (χ2v) is 13.0. The number of carbonyl (C=O) groups is 3. The Bertz CT molecular complexity index is 1160. The van der Waals surface area contributed by atoms with E-state index in [2.05, 4.69) is 21.6 Å². The molecule has 3 aliphatic rings. The summed E-state index contributed by atoms with van der Waals surface area (Å²) in [7, 11) is 0. The molecule has 1 aliphatic heterocycles. The molecule has 0 bridgehead atoms.